The monoisotopic (exact) mass is 317 g/mol. The van der Waals surface area contributed by atoms with E-state index in [1.165, 1.54) is 7.11 Å². The Morgan fingerprint density at radius 1 is 1.30 bits per heavy atom. The lowest BCUT2D eigenvalue weighted by molar-refractivity contribution is 0.336. The van der Waals surface area contributed by atoms with E-state index in [-0.39, 0.29) is 17.3 Å². The van der Waals surface area contributed by atoms with Crippen molar-refractivity contribution in [3.05, 3.63) is 23.8 Å². The van der Waals surface area contributed by atoms with E-state index in [4.69, 9.17) is 27.4 Å². The summed E-state index contributed by atoms with van der Waals surface area (Å²) in [7, 11) is -1.60. The van der Waals surface area contributed by atoms with Crippen molar-refractivity contribution in [3.8, 4) is 11.5 Å². The Hall–Kier alpha value is -1.34. The Morgan fingerprint density at radius 2 is 1.90 bits per heavy atom. The minimum Gasteiger partial charge on any atom is -0.497 e. The van der Waals surface area contributed by atoms with Crippen LogP contribution < -0.4 is 15.2 Å². The predicted octanol–water partition coefficient (Wildman–Crippen LogP) is 1.53. The Balaban J connectivity index is 2.78. The molecule has 0 amide bonds. The van der Waals surface area contributed by atoms with Crippen LogP contribution in [0, 0.1) is 0 Å². The molecule has 1 aromatic carbocycles. The lowest BCUT2D eigenvalue weighted by atomic mass is 10.2. The smallest absolute Gasteiger partial charge is 0.155 e. The fraction of sp³-hybridized carbons (Fsp3) is 0.462. The van der Waals surface area contributed by atoms with Gasteiger partial charge in [0.05, 0.1) is 18.1 Å². The summed E-state index contributed by atoms with van der Waals surface area (Å²) in [5.41, 5.74) is 6.18. The topological polar surface area (TPSA) is 78.6 Å². The van der Waals surface area contributed by atoms with Gasteiger partial charge in [-0.1, -0.05) is 12.2 Å². The molecule has 0 saturated carbocycles. The fourth-order valence-electron chi connectivity index (χ4n) is 1.43. The third-order valence-electron chi connectivity index (χ3n) is 2.76. The molecule has 1 rings (SSSR count). The molecule has 7 heteroatoms. The molecule has 0 aliphatic heterocycles. The van der Waals surface area contributed by atoms with Gasteiger partial charge < -0.3 is 15.2 Å². The minimum absolute atomic E-state index is 0.0374. The molecule has 0 heterocycles. The zero-order chi connectivity index (χ0) is 15.3. The average molecular weight is 317 g/mol. The molecule has 1 aromatic rings. The number of benzene rings is 1. The van der Waals surface area contributed by atoms with E-state index in [0.29, 0.717) is 17.1 Å². The molecule has 0 radical (unpaired) electrons. The highest BCUT2D eigenvalue weighted by Gasteiger charge is 2.16. The van der Waals surface area contributed by atoms with E-state index < -0.39 is 15.1 Å². The van der Waals surface area contributed by atoms with Gasteiger partial charge in [0.2, 0.25) is 0 Å². The molecule has 2 N–H and O–H groups in total. The first kappa shape index (κ1) is 16.7. The third kappa shape index (κ3) is 4.64. The van der Waals surface area contributed by atoms with Crippen LogP contribution in [-0.4, -0.2) is 38.1 Å². The molecule has 0 aromatic heterocycles. The summed E-state index contributed by atoms with van der Waals surface area (Å²) in [5, 5.41) is -0.413. The normalized spacial score (nSPS) is 11.4. The lowest BCUT2D eigenvalue weighted by Crippen LogP contribution is -2.22. The molecule has 0 aliphatic rings. The molecule has 20 heavy (non-hydrogen) atoms. The van der Waals surface area contributed by atoms with Gasteiger partial charge in [-0.3, -0.25) is 0 Å². The predicted molar refractivity (Wildman–Crippen MR) is 83.3 cm³/mol. The second-order valence-electron chi connectivity index (χ2n) is 4.53. The first-order valence-electron chi connectivity index (χ1n) is 6.09. The van der Waals surface area contributed by atoms with Crippen LogP contribution in [0.1, 0.15) is 19.4 Å². The second-order valence-corrected chi connectivity index (χ2v) is 7.64. The van der Waals surface area contributed by atoms with Crippen LogP contribution in [0.5, 0.6) is 11.5 Å². The molecular formula is C13H19NO4S2. The summed E-state index contributed by atoms with van der Waals surface area (Å²) in [6.07, 6.45) is 0. The van der Waals surface area contributed by atoms with Crippen molar-refractivity contribution >= 4 is 27.0 Å². The standard InChI is InChI=1S/C13H19NO4S2/c1-9(2)20(15,16)5-4-18-12-7-10(13(14)19)6-11(8-12)17-3/h6-9H,4-5H2,1-3H3,(H2,14,19). The van der Waals surface area contributed by atoms with Crippen LogP contribution in [-0.2, 0) is 9.84 Å². The molecule has 0 aliphatic carbocycles. The summed E-state index contributed by atoms with van der Waals surface area (Å²) in [6.45, 7) is 3.36. The maximum atomic E-state index is 11.7. The van der Waals surface area contributed by atoms with E-state index in [2.05, 4.69) is 0 Å². The van der Waals surface area contributed by atoms with Crippen molar-refractivity contribution in [1.82, 2.24) is 0 Å². The molecule has 0 atom stereocenters. The van der Waals surface area contributed by atoms with Crippen molar-refractivity contribution in [2.24, 2.45) is 5.73 Å². The van der Waals surface area contributed by atoms with Crippen LogP contribution in [0.4, 0.5) is 0 Å². The zero-order valence-corrected chi connectivity index (χ0v) is 13.4. The largest absolute Gasteiger partial charge is 0.497 e. The number of methoxy groups -OCH3 is 1. The summed E-state index contributed by atoms with van der Waals surface area (Å²) in [6, 6.07) is 5.01. The van der Waals surface area contributed by atoms with Gasteiger partial charge in [-0.25, -0.2) is 8.42 Å². The number of nitrogens with two attached hydrogens (primary N) is 1. The number of hydrogen-bond acceptors (Lipinski definition) is 5. The van der Waals surface area contributed by atoms with Crippen molar-refractivity contribution in [1.29, 1.82) is 0 Å². The van der Waals surface area contributed by atoms with Crippen LogP contribution in [0.25, 0.3) is 0 Å². The van der Waals surface area contributed by atoms with Crippen molar-refractivity contribution < 1.29 is 17.9 Å². The minimum atomic E-state index is -3.12. The highest BCUT2D eigenvalue weighted by Crippen LogP contribution is 2.22. The zero-order valence-electron chi connectivity index (χ0n) is 11.8. The Morgan fingerprint density at radius 3 is 2.40 bits per heavy atom. The Labute approximate surface area is 125 Å². The van der Waals surface area contributed by atoms with Gasteiger partial charge in [-0.05, 0) is 26.0 Å². The van der Waals surface area contributed by atoms with Crippen molar-refractivity contribution in [2.75, 3.05) is 19.5 Å². The molecular weight excluding hydrogens is 298 g/mol. The number of sulfone groups is 1. The van der Waals surface area contributed by atoms with Gasteiger partial charge in [-0.2, -0.15) is 0 Å². The molecule has 5 nitrogen and oxygen atoms in total. The van der Waals surface area contributed by atoms with E-state index in [9.17, 15) is 8.42 Å². The van der Waals surface area contributed by atoms with Crippen LogP contribution in [0.2, 0.25) is 0 Å². The van der Waals surface area contributed by atoms with Crippen LogP contribution in [0.15, 0.2) is 18.2 Å². The van der Waals surface area contributed by atoms with Crippen molar-refractivity contribution in [2.45, 2.75) is 19.1 Å². The lowest BCUT2D eigenvalue weighted by Gasteiger charge is -2.11. The highest BCUT2D eigenvalue weighted by atomic mass is 32.2. The maximum absolute atomic E-state index is 11.7. The molecule has 112 valence electrons. The molecule has 0 unspecified atom stereocenters. The quantitative estimate of drug-likeness (QED) is 0.768. The number of ether oxygens (including phenoxy) is 2. The first-order chi connectivity index (χ1) is 9.26. The van der Waals surface area contributed by atoms with E-state index in [1.54, 1.807) is 32.0 Å². The van der Waals surface area contributed by atoms with Crippen molar-refractivity contribution in [3.63, 3.8) is 0 Å². The Kier molecular flexibility index (Phi) is 5.76. The summed E-state index contributed by atoms with van der Waals surface area (Å²) in [4.78, 5) is 0.226. The number of thiocarbonyl (C=S) groups is 1. The number of rotatable bonds is 7. The molecule has 0 fully saturated rings. The summed E-state index contributed by atoms with van der Waals surface area (Å²) < 4.78 is 33.9. The van der Waals surface area contributed by atoms with Gasteiger partial charge >= 0.3 is 0 Å². The summed E-state index contributed by atoms with van der Waals surface area (Å²) >= 11 is 4.91. The first-order valence-corrected chi connectivity index (χ1v) is 8.22. The van der Waals surface area contributed by atoms with E-state index in [0.717, 1.165) is 0 Å². The van der Waals surface area contributed by atoms with Gasteiger partial charge in [0.1, 0.15) is 23.1 Å². The van der Waals surface area contributed by atoms with Gasteiger partial charge in [-0.15, -0.1) is 0 Å². The fourth-order valence-corrected chi connectivity index (χ4v) is 2.33. The molecule has 0 saturated heterocycles. The number of hydrogen-bond donors (Lipinski definition) is 1. The molecule has 0 spiro atoms. The maximum Gasteiger partial charge on any atom is 0.155 e. The Bertz CT molecular complexity index is 582. The molecule has 0 bridgehead atoms. The van der Waals surface area contributed by atoms with Gasteiger partial charge in [0.15, 0.2) is 9.84 Å². The third-order valence-corrected chi connectivity index (χ3v) is 5.16. The van der Waals surface area contributed by atoms with Gasteiger partial charge in [0.25, 0.3) is 0 Å². The SMILES string of the molecule is COc1cc(OCCS(=O)(=O)C(C)C)cc(C(N)=S)c1. The summed E-state index contributed by atoms with van der Waals surface area (Å²) in [5.74, 6) is 0.993. The highest BCUT2D eigenvalue weighted by molar-refractivity contribution is 7.92. The van der Waals surface area contributed by atoms with Gasteiger partial charge in [0, 0.05) is 11.6 Å². The average Bonchev–Trinajstić information content (AvgIpc) is 2.37. The second kappa shape index (κ2) is 6.90. The van der Waals surface area contributed by atoms with E-state index >= 15 is 0 Å². The van der Waals surface area contributed by atoms with Crippen LogP contribution in [0.3, 0.4) is 0 Å². The van der Waals surface area contributed by atoms with E-state index in [1.807, 2.05) is 0 Å². The van der Waals surface area contributed by atoms with Crippen LogP contribution >= 0.6 is 12.2 Å².